The van der Waals surface area contributed by atoms with Crippen LogP contribution in [0.25, 0.3) is 0 Å². The van der Waals surface area contributed by atoms with Crippen molar-refractivity contribution in [3.8, 4) is 0 Å². The molecule has 59 valence electrons. The van der Waals surface area contributed by atoms with Crippen molar-refractivity contribution in [1.29, 1.82) is 0 Å². The first-order valence-corrected chi connectivity index (χ1v) is 5.15. The standard InChI is InChI=1S/C8H5O3.Pb/c9-5-6-3-1-2-4-7(6)8(10)11;/h1-4H,(H,10,11);. The number of hydrogen-bond acceptors (Lipinski definition) is 2. The number of rotatable bonds is 2. The van der Waals surface area contributed by atoms with Crippen LogP contribution < -0.4 is 0 Å². The Morgan fingerprint density at radius 2 is 1.67 bits per heavy atom. The molecule has 1 aromatic carbocycles. The molecule has 3 radical (unpaired) electrons. The van der Waals surface area contributed by atoms with Crippen molar-refractivity contribution < 1.29 is 14.7 Å². The normalized spacial score (nSPS) is 9.42. The first-order chi connectivity index (χ1) is 5.63. The Labute approximate surface area is 85.1 Å². The SMILES string of the molecule is O=C(O)c1ccccc1[C](=O)[Pb]. The van der Waals surface area contributed by atoms with E-state index in [9.17, 15) is 9.59 Å². The molecule has 0 saturated carbocycles. The topological polar surface area (TPSA) is 54.4 Å². The second-order valence-corrected chi connectivity index (χ2v) is 3.95. The molecule has 1 rings (SSSR count). The molecule has 12 heavy (non-hydrogen) atoms. The third-order valence-electron chi connectivity index (χ3n) is 1.40. The zero-order valence-corrected chi connectivity index (χ0v) is 9.96. The summed E-state index contributed by atoms with van der Waals surface area (Å²) < 4.78 is -0.0898. The number of carboxylic acids is 1. The molecule has 1 N–H and O–H groups in total. The number of carbonyl (C=O) groups is 2. The van der Waals surface area contributed by atoms with Gasteiger partial charge in [0.2, 0.25) is 0 Å². The van der Waals surface area contributed by atoms with Crippen LogP contribution >= 0.6 is 0 Å². The fourth-order valence-corrected chi connectivity index (χ4v) is 1.72. The van der Waals surface area contributed by atoms with Crippen LogP contribution in [0.4, 0.5) is 0 Å². The van der Waals surface area contributed by atoms with E-state index in [-0.39, 0.29) is 8.91 Å². The van der Waals surface area contributed by atoms with Gasteiger partial charge < -0.3 is 0 Å². The Bertz CT molecular complexity index is 300. The molecule has 0 unspecified atom stereocenters. The molecule has 0 bridgehead atoms. The third kappa shape index (κ3) is 1.90. The Kier molecular flexibility index (Phi) is 2.96. The minimum atomic E-state index is -1.05. The van der Waals surface area contributed by atoms with Crippen molar-refractivity contribution in [1.82, 2.24) is 0 Å². The summed E-state index contributed by atoms with van der Waals surface area (Å²) in [7, 11) is 0. The first kappa shape index (κ1) is 9.37. The monoisotopic (exact) mass is 357 g/mol. The summed E-state index contributed by atoms with van der Waals surface area (Å²) in [5.41, 5.74) is 0.411. The van der Waals surface area contributed by atoms with Gasteiger partial charge in [0.25, 0.3) is 0 Å². The third-order valence-corrected chi connectivity index (χ3v) is 2.45. The fraction of sp³-hybridized carbons (Fsp3) is 0. The Morgan fingerprint density at radius 3 is 2.00 bits per heavy atom. The van der Waals surface area contributed by atoms with Crippen LogP contribution in [0.3, 0.4) is 0 Å². The van der Waals surface area contributed by atoms with Gasteiger partial charge in [-0.05, 0) is 0 Å². The molecule has 0 amide bonds. The molecule has 0 heterocycles. The summed E-state index contributed by atoms with van der Waals surface area (Å²) >= 11 is 0.349. The average Bonchev–Trinajstić information content (AvgIpc) is 2.04. The molecule has 0 aliphatic rings. The van der Waals surface area contributed by atoms with Gasteiger partial charge in [-0.2, -0.15) is 0 Å². The van der Waals surface area contributed by atoms with Crippen LogP contribution in [0.15, 0.2) is 24.3 Å². The van der Waals surface area contributed by atoms with E-state index in [1.807, 2.05) is 0 Å². The fourth-order valence-electron chi connectivity index (χ4n) is 0.868. The molecular weight excluding hydrogens is 351 g/mol. The van der Waals surface area contributed by atoms with Gasteiger partial charge in [0.05, 0.1) is 0 Å². The van der Waals surface area contributed by atoms with E-state index >= 15 is 0 Å². The molecule has 0 fully saturated rings. The van der Waals surface area contributed by atoms with E-state index in [2.05, 4.69) is 0 Å². The van der Waals surface area contributed by atoms with E-state index in [4.69, 9.17) is 5.11 Å². The second-order valence-electron chi connectivity index (χ2n) is 2.18. The summed E-state index contributed by atoms with van der Waals surface area (Å²) in [6, 6.07) is 6.25. The Hall–Kier alpha value is -0.718. The van der Waals surface area contributed by atoms with Crippen LogP contribution in [-0.4, -0.2) is 40.2 Å². The van der Waals surface area contributed by atoms with E-state index in [1.165, 1.54) is 6.07 Å². The van der Waals surface area contributed by atoms with Crippen molar-refractivity contribution >= 4 is 35.1 Å². The van der Waals surface area contributed by atoms with Crippen molar-refractivity contribution in [2.45, 2.75) is 0 Å². The zero-order valence-electron chi connectivity index (χ0n) is 6.07. The molecule has 0 aliphatic carbocycles. The van der Waals surface area contributed by atoms with Gasteiger partial charge in [0, 0.05) is 0 Å². The molecule has 0 saturated heterocycles. The molecule has 0 aliphatic heterocycles. The van der Waals surface area contributed by atoms with Crippen molar-refractivity contribution in [3.05, 3.63) is 35.4 Å². The van der Waals surface area contributed by atoms with Gasteiger partial charge in [-0.1, -0.05) is 0 Å². The number of carbonyl (C=O) groups excluding carboxylic acids is 1. The predicted molar refractivity (Wildman–Crippen MR) is 43.5 cm³/mol. The van der Waals surface area contributed by atoms with Crippen LogP contribution in [-0.2, 0) is 0 Å². The molecular formula is C8H5O3Pb. The first-order valence-electron chi connectivity index (χ1n) is 3.21. The van der Waals surface area contributed by atoms with Crippen molar-refractivity contribution in [2.75, 3.05) is 0 Å². The molecule has 0 aromatic heterocycles. The van der Waals surface area contributed by atoms with Gasteiger partial charge in [-0.3, -0.25) is 0 Å². The van der Waals surface area contributed by atoms with E-state index < -0.39 is 5.97 Å². The van der Waals surface area contributed by atoms with Gasteiger partial charge in [-0.15, -0.1) is 0 Å². The quantitative estimate of drug-likeness (QED) is 0.794. The van der Waals surface area contributed by atoms with Crippen molar-refractivity contribution in [2.24, 2.45) is 0 Å². The zero-order chi connectivity index (χ0) is 9.14. The molecule has 0 atom stereocenters. The molecule has 3 nitrogen and oxygen atoms in total. The van der Waals surface area contributed by atoms with E-state index in [0.29, 0.717) is 31.3 Å². The van der Waals surface area contributed by atoms with Crippen LogP contribution in [0.2, 0.25) is 0 Å². The van der Waals surface area contributed by atoms with Gasteiger partial charge >= 0.3 is 85.2 Å². The number of benzene rings is 1. The van der Waals surface area contributed by atoms with E-state index in [0.717, 1.165) is 0 Å². The number of carboxylic acid groups (broad SMARTS) is 1. The minimum absolute atomic E-state index is 0.0898. The molecule has 0 spiro atoms. The summed E-state index contributed by atoms with van der Waals surface area (Å²) in [4.78, 5) is 21.6. The summed E-state index contributed by atoms with van der Waals surface area (Å²) in [5, 5.41) is 8.68. The van der Waals surface area contributed by atoms with Crippen molar-refractivity contribution in [3.63, 3.8) is 0 Å². The van der Waals surface area contributed by atoms with Crippen LogP contribution in [0.5, 0.6) is 0 Å². The summed E-state index contributed by atoms with van der Waals surface area (Å²) in [6.45, 7) is 0. The molecule has 1 aromatic rings. The summed E-state index contributed by atoms with van der Waals surface area (Å²) in [6.07, 6.45) is 0. The van der Waals surface area contributed by atoms with Gasteiger partial charge in [-0.25, -0.2) is 0 Å². The second kappa shape index (κ2) is 3.79. The summed E-state index contributed by atoms with van der Waals surface area (Å²) in [5.74, 6) is -1.05. The maximum atomic E-state index is 11.0. The van der Waals surface area contributed by atoms with Crippen LogP contribution in [0, 0.1) is 0 Å². The Balaban J connectivity index is 3.27. The average molecular weight is 356 g/mol. The van der Waals surface area contributed by atoms with Gasteiger partial charge in [0.1, 0.15) is 0 Å². The molecule has 4 heteroatoms. The number of aromatic carboxylic acids is 1. The van der Waals surface area contributed by atoms with Crippen LogP contribution in [0.1, 0.15) is 20.7 Å². The number of hydrogen-bond donors (Lipinski definition) is 1. The van der Waals surface area contributed by atoms with E-state index in [1.54, 1.807) is 18.2 Å². The van der Waals surface area contributed by atoms with Gasteiger partial charge in [0.15, 0.2) is 0 Å². The predicted octanol–water partition coefficient (Wildman–Crippen LogP) is 0.694. The Morgan fingerprint density at radius 1 is 1.17 bits per heavy atom. The maximum absolute atomic E-state index is 11.0.